The highest BCUT2D eigenvalue weighted by Crippen LogP contribution is 2.21. The van der Waals surface area contributed by atoms with E-state index in [2.05, 4.69) is 4.98 Å². The lowest BCUT2D eigenvalue weighted by atomic mass is 10.0. The van der Waals surface area contributed by atoms with E-state index in [9.17, 15) is 19.6 Å². The second kappa shape index (κ2) is 12.3. The van der Waals surface area contributed by atoms with Gasteiger partial charge in [0, 0.05) is 24.7 Å². The lowest BCUT2D eigenvalue weighted by molar-refractivity contribution is -0.144. The number of carbonyl (C=O) groups is 3. The van der Waals surface area contributed by atoms with Crippen LogP contribution in [0.2, 0.25) is 0 Å². The third kappa shape index (κ3) is 7.27. The molecule has 1 heterocycles. The molecule has 0 aliphatic rings. The van der Waals surface area contributed by atoms with Gasteiger partial charge in [-0.05, 0) is 50.8 Å². The molecule has 0 saturated heterocycles. The van der Waals surface area contributed by atoms with Crippen molar-refractivity contribution in [2.75, 3.05) is 19.8 Å². The minimum atomic E-state index is -0.719. The van der Waals surface area contributed by atoms with Gasteiger partial charge in [-0.15, -0.1) is 0 Å². The molecule has 0 aromatic carbocycles. The first-order valence-corrected chi connectivity index (χ1v) is 9.25. The van der Waals surface area contributed by atoms with Crippen LogP contribution in [0.25, 0.3) is 6.08 Å². The van der Waals surface area contributed by atoms with E-state index < -0.39 is 5.97 Å². The molecule has 0 saturated carbocycles. The van der Waals surface area contributed by atoms with Crippen LogP contribution in [0.3, 0.4) is 0 Å². The quantitative estimate of drug-likeness (QED) is 0.267. The van der Waals surface area contributed by atoms with Gasteiger partial charge < -0.3 is 19.2 Å². The molecule has 1 rings (SSSR count). The summed E-state index contributed by atoms with van der Waals surface area (Å²) in [4.78, 5) is 38.3. The van der Waals surface area contributed by atoms with Crippen molar-refractivity contribution in [1.82, 2.24) is 4.98 Å². The standard InChI is InChI=1S/C20H26N2O6/c1-4-26-18(23)9-7-14-13-22-17(11-15(12-21)20(25)28-6-3)16(14)8-10-19(24)27-5-2/h11,13,22H,4-10H2,1-3H3. The molecule has 0 aliphatic heterocycles. The van der Waals surface area contributed by atoms with Crippen LogP contribution in [0.15, 0.2) is 11.8 Å². The van der Waals surface area contributed by atoms with Crippen molar-refractivity contribution in [3.8, 4) is 6.07 Å². The average Bonchev–Trinajstić information content (AvgIpc) is 3.04. The van der Waals surface area contributed by atoms with Gasteiger partial charge in [0.25, 0.3) is 0 Å². The highest BCUT2D eigenvalue weighted by atomic mass is 16.5. The van der Waals surface area contributed by atoms with E-state index >= 15 is 0 Å². The predicted molar refractivity (Wildman–Crippen MR) is 101 cm³/mol. The van der Waals surface area contributed by atoms with E-state index in [1.807, 2.05) is 6.07 Å². The van der Waals surface area contributed by atoms with Crippen LogP contribution in [0.5, 0.6) is 0 Å². The Morgan fingerprint density at radius 3 is 2.11 bits per heavy atom. The first-order valence-electron chi connectivity index (χ1n) is 9.25. The van der Waals surface area contributed by atoms with Crippen LogP contribution in [0.4, 0.5) is 0 Å². The molecular formula is C20H26N2O6. The molecule has 0 radical (unpaired) electrons. The monoisotopic (exact) mass is 390 g/mol. The number of H-pyrrole nitrogens is 1. The molecule has 1 aromatic heterocycles. The molecule has 0 amide bonds. The van der Waals surface area contributed by atoms with Crippen LogP contribution < -0.4 is 0 Å². The summed E-state index contributed by atoms with van der Waals surface area (Å²) in [6, 6.07) is 1.82. The van der Waals surface area contributed by atoms with E-state index in [1.165, 1.54) is 6.08 Å². The minimum absolute atomic E-state index is 0.139. The van der Waals surface area contributed by atoms with Gasteiger partial charge in [-0.1, -0.05) is 0 Å². The van der Waals surface area contributed by atoms with Crippen molar-refractivity contribution in [3.05, 3.63) is 28.6 Å². The predicted octanol–water partition coefficient (Wildman–Crippen LogP) is 2.48. The van der Waals surface area contributed by atoms with Crippen molar-refractivity contribution in [2.24, 2.45) is 0 Å². The highest BCUT2D eigenvalue weighted by molar-refractivity contribution is 5.97. The fourth-order valence-electron chi connectivity index (χ4n) is 2.58. The van der Waals surface area contributed by atoms with Gasteiger partial charge in [-0.25, -0.2) is 4.79 Å². The van der Waals surface area contributed by atoms with Gasteiger partial charge in [0.2, 0.25) is 0 Å². The summed E-state index contributed by atoms with van der Waals surface area (Å²) in [5, 5.41) is 9.24. The molecule has 0 bridgehead atoms. The van der Waals surface area contributed by atoms with E-state index in [4.69, 9.17) is 14.2 Å². The topological polar surface area (TPSA) is 118 Å². The summed E-state index contributed by atoms with van der Waals surface area (Å²) in [5.74, 6) is -1.38. The largest absolute Gasteiger partial charge is 0.466 e. The van der Waals surface area contributed by atoms with Crippen molar-refractivity contribution >= 4 is 24.0 Å². The zero-order valence-corrected chi connectivity index (χ0v) is 16.5. The number of nitrogens with zero attached hydrogens (tertiary/aromatic N) is 1. The second-order valence-corrected chi connectivity index (χ2v) is 5.71. The fourth-order valence-corrected chi connectivity index (χ4v) is 2.58. The average molecular weight is 390 g/mol. The number of carbonyl (C=O) groups excluding carboxylic acids is 3. The Kier molecular flexibility index (Phi) is 10.1. The molecule has 8 heteroatoms. The highest BCUT2D eigenvalue weighted by Gasteiger charge is 2.17. The van der Waals surface area contributed by atoms with Gasteiger partial charge in [-0.3, -0.25) is 9.59 Å². The van der Waals surface area contributed by atoms with Gasteiger partial charge in [0.1, 0.15) is 11.6 Å². The lowest BCUT2D eigenvalue weighted by Gasteiger charge is -2.07. The summed E-state index contributed by atoms with van der Waals surface area (Å²) in [6.07, 6.45) is 4.17. The van der Waals surface area contributed by atoms with E-state index in [0.717, 1.165) is 11.1 Å². The molecular weight excluding hydrogens is 364 g/mol. The van der Waals surface area contributed by atoms with Gasteiger partial charge in [0.05, 0.1) is 19.8 Å². The zero-order chi connectivity index (χ0) is 20.9. The molecule has 0 atom stereocenters. The molecule has 0 aliphatic carbocycles. The van der Waals surface area contributed by atoms with E-state index in [-0.39, 0.29) is 43.6 Å². The second-order valence-electron chi connectivity index (χ2n) is 5.71. The molecule has 8 nitrogen and oxygen atoms in total. The van der Waals surface area contributed by atoms with Crippen LogP contribution in [-0.4, -0.2) is 42.7 Å². The van der Waals surface area contributed by atoms with Crippen molar-refractivity contribution in [3.63, 3.8) is 0 Å². The number of hydrogen-bond acceptors (Lipinski definition) is 7. The number of aryl methyl sites for hydroxylation is 1. The number of ether oxygens (including phenoxy) is 3. The number of hydrogen-bond donors (Lipinski definition) is 1. The van der Waals surface area contributed by atoms with Crippen molar-refractivity contribution < 1.29 is 28.6 Å². The number of aromatic amines is 1. The van der Waals surface area contributed by atoms with Crippen LogP contribution in [0, 0.1) is 11.3 Å². The maximum absolute atomic E-state index is 11.9. The summed E-state index contributed by atoms with van der Waals surface area (Å²) < 4.78 is 14.8. The van der Waals surface area contributed by atoms with Gasteiger partial charge >= 0.3 is 17.9 Å². The Morgan fingerprint density at radius 1 is 1.00 bits per heavy atom. The molecule has 0 fully saturated rings. The van der Waals surface area contributed by atoms with Gasteiger partial charge in [-0.2, -0.15) is 5.26 Å². The Balaban J connectivity index is 3.10. The molecule has 28 heavy (non-hydrogen) atoms. The minimum Gasteiger partial charge on any atom is -0.466 e. The van der Waals surface area contributed by atoms with Gasteiger partial charge in [0.15, 0.2) is 0 Å². The third-order valence-corrected chi connectivity index (χ3v) is 3.81. The van der Waals surface area contributed by atoms with Crippen LogP contribution in [0.1, 0.15) is 50.4 Å². The van der Waals surface area contributed by atoms with Crippen molar-refractivity contribution in [2.45, 2.75) is 46.5 Å². The number of nitriles is 1. The molecule has 1 N–H and O–H groups in total. The normalized spacial score (nSPS) is 10.9. The fraction of sp³-hybridized carbons (Fsp3) is 0.500. The van der Waals surface area contributed by atoms with Crippen LogP contribution in [-0.2, 0) is 41.4 Å². The maximum Gasteiger partial charge on any atom is 0.348 e. The summed E-state index contributed by atoms with van der Waals surface area (Å²) in [5.41, 5.74) is 1.92. The number of esters is 3. The molecule has 1 aromatic rings. The van der Waals surface area contributed by atoms with E-state index in [1.54, 1.807) is 27.0 Å². The summed E-state index contributed by atoms with van der Waals surface area (Å²) in [6.45, 7) is 5.87. The Morgan fingerprint density at radius 2 is 1.57 bits per heavy atom. The van der Waals surface area contributed by atoms with Crippen LogP contribution >= 0.6 is 0 Å². The number of rotatable bonds is 11. The summed E-state index contributed by atoms with van der Waals surface area (Å²) >= 11 is 0. The Labute approximate surface area is 164 Å². The zero-order valence-electron chi connectivity index (χ0n) is 16.5. The van der Waals surface area contributed by atoms with Crippen molar-refractivity contribution in [1.29, 1.82) is 5.26 Å². The first-order chi connectivity index (χ1) is 13.5. The smallest absolute Gasteiger partial charge is 0.348 e. The first kappa shape index (κ1) is 23.0. The summed E-state index contributed by atoms with van der Waals surface area (Å²) in [7, 11) is 0. The number of nitrogens with one attached hydrogen (secondary N) is 1. The molecule has 152 valence electrons. The Bertz CT molecular complexity index is 757. The lowest BCUT2D eigenvalue weighted by Crippen LogP contribution is -2.09. The SMILES string of the molecule is CCOC(=O)CCc1c[nH]c(C=C(C#N)C(=O)OCC)c1CCC(=O)OCC. The third-order valence-electron chi connectivity index (χ3n) is 3.81. The van der Waals surface area contributed by atoms with E-state index in [0.29, 0.717) is 25.1 Å². The molecule has 0 unspecified atom stereocenters. The maximum atomic E-state index is 11.9. The number of aromatic nitrogens is 1. The molecule has 0 spiro atoms. The Hall–Kier alpha value is -3.08.